The van der Waals surface area contributed by atoms with Gasteiger partial charge in [0.1, 0.15) is 0 Å². The van der Waals surface area contributed by atoms with Gasteiger partial charge in [-0.1, -0.05) is 18.2 Å². The Morgan fingerprint density at radius 2 is 1.32 bits per heavy atom. The van der Waals surface area contributed by atoms with Crippen molar-refractivity contribution in [1.82, 2.24) is 9.21 Å². The van der Waals surface area contributed by atoms with E-state index in [1.807, 2.05) is 6.07 Å². The molecule has 0 aromatic heterocycles. The van der Waals surface area contributed by atoms with E-state index in [9.17, 15) is 8.42 Å². The van der Waals surface area contributed by atoms with Crippen LogP contribution in [-0.4, -0.2) is 49.8 Å². The first-order chi connectivity index (χ1) is 12.1. The van der Waals surface area contributed by atoms with Crippen LogP contribution in [0.1, 0.15) is 32.1 Å². The molecule has 1 aliphatic heterocycles. The van der Waals surface area contributed by atoms with Gasteiger partial charge in [-0.3, -0.25) is 4.90 Å². The molecule has 0 atom stereocenters. The fourth-order valence-electron chi connectivity index (χ4n) is 6.48. The second-order valence-corrected chi connectivity index (χ2v) is 10.6. The predicted molar refractivity (Wildman–Crippen MR) is 97.6 cm³/mol. The standard InChI is InChI=1S/C20H28N2O2S/c23-25(24,19-4-2-1-3-5-19)22-8-6-21(7-9-22)20-17-11-15-10-16(13-17)14-18(20)12-15/h1-5,15-18,20H,6-14H2. The molecule has 136 valence electrons. The van der Waals surface area contributed by atoms with Gasteiger partial charge in [-0.05, 0) is 67.9 Å². The van der Waals surface area contributed by atoms with Crippen molar-refractivity contribution in [1.29, 1.82) is 0 Å². The lowest BCUT2D eigenvalue weighted by Gasteiger charge is -2.58. The quantitative estimate of drug-likeness (QED) is 0.832. The van der Waals surface area contributed by atoms with Crippen LogP contribution in [0.4, 0.5) is 0 Å². The Bertz CT molecular complexity index is 697. The number of rotatable bonds is 3. The smallest absolute Gasteiger partial charge is 0.243 e. The van der Waals surface area contributed by atoms with E-state index in [2.05, 4.69) is 4.90 Å². The molecule has 4 nitrogen and oxygen atoms in total. The summed E-state index contributed by atoms with van der Waals surface area (Å²) in [5.74, 6) is 3.76. The van der Waals surface area contributed by atoms with Gasteiger partial charge in [0.25, 0.3) is 0 Å². The molecular formula is C20H28N2O2S. The summed E-state index contributed by atoms with van der Waals surface area (Å²) in [7, 11) is -3.33. The fraction of sp³-hybridized carbons (Fsp3) is 0.700. The van der Waals surface area contributed by atoms with Crippen molar-refractivity contribution in [3.05, 3.63) is 30.3 Å². The summed E-state index contributed by atoms with van der Waals surface area (Å²) in [5, 5.41) is 0. The second kappa shape index (κ2) is 6.07. The lowest BCUT2D eigenvalue weighted by Crippen LogP contribution is -2.60. The summed E-state index contributed by atoms with van der Waals surface area (Å²) < 4.78 is 27.3. The number of piperazine rings is 1. The molecule has 5 fully saturated rings. The van der Waals surface area contributed by atoms with Crippen LogP contribution in [0.15, 0.2) is 35.2 Å². The Balaban J connectivity index is 1.28. The van der Waals surface area contributed by atoms with Gasteiger partial charge in [-0.15, -0.1) is 0 Å². The summed E-state index contributed by atoms with van der Waals surface area (Å²) in [6, 6.07) is 9.62. The molecule has 25 heavy (non-hydrogen) atoms. The minimum atomic E-state index is -3.33. The zero-order valence-corrected chi connectivity index (χ0v) is 15.6. The highest BCUT2D eigenvalue weighted by Gasteiger charge is 2.50. The highest BCUT2D eigenvalue weighted by molar-refractivity contribution is 7.89. The van der Waals surface area contributed by atoms with Gasteiger partial charge >= 0.3 is 0 Å². The molecular weight excluding hydrogens is 332 g/mol. The average molecular weight is 361 g/mol. The maximum absolute atomic E-state index is 12.8. The van der Waals surface area contributed by atoms with E-state index in [0.29, 0.717) is 18.0 Å². The van der Waals surface area contributed by atoms with E-state index in [4.69, 9.17) is 0 Å². The Kier molecular flexibility index (Phi) is 3.95. The topological polar surface area (TPSA) is 40.6 Å². The molecule has 6 rings (SSSR count). The van der Waals surface area contributed by atoms with Gasteiger partial charge in [-0.25, -0.2) is 8.42 Å². The van der Waals surface area contributed by atoms with Crippen LogP contribution >= 0.6 is 0 Å². The largest absolute Gasteiger partial charge is 0.297 e. The summed E-state index contributed by atoms with van der Waals surface area (Å²) in [6.45, 7) is 3.08. The van der Waals surface area contributed by atoms with Gasteiger partial charge < -0.3 is 0 Å². The van der Waals surface area contributed by atoms with Gasteiger partial charge in [0.05, 0.1) is 4.90 Å². The van der Waals surface area contributed by atoms with Crippen molar-refractivity contribution in [2.45, 2.75) is 43.0 Å². The van der Waals surface area contributed by atoms with Crippen LogP contribution in [0.5, 0.6) is 0 Å². The number of hydrogen-bond donors (Lipinski definition) is 0. The van der Waals surface area contributed by atoms with Crippen LogP contribution in [0, 0.1) is 23.7 Å². The third kappa shape index (κ3) is 2.75. The molecule has 5 heteroatoms. The van der Waals surface area contributed by atoms with E-state index in [1.165, 1.54) is 32.1 Å². The lowest BCUT2D eigenvalue weighted by molar-refractivity contribution is -0.0720. The first-order valence-electron chi connectivity index (χ1n) is 9.90. The van der Waals surface area contributed by atoms with Crippen molar-refractivity contribution in [3.63, 3.8) is 0 Å². The first kappa shape index (κ1) is 16.3. The van der Waals surface area contributed by atoms with E-state index < -0.39 is 10.0 Å². The van der Waals surface area contributed by atoms with Crippen LogP contribution in [0.2, 0.25) is 0 Å². The molecule has 0 unspecified atom stereocenters. The summed E-state index contributed by atoms with van der Waals surface area (Å²) in [4.78, 5) is 3.07. The molecule has 0 radical (unpaired) electrons. The Morgan fingerprint density at radius 3 is 1.88 bits per heavy atom. The van der Waals surface area contributed by atoms with Crippen LogP contribution in [-0.2, 0) is 10.0 Å². The second-order valence-electron chi connectivity index (χ2n) is 8.67. The van der Waals surface area contributed by atoms with Crippen molar-refractivity contribution in [2.75, 3.05) is 26.2 Å². The maximum atomic E-state index is 12.8. The van der Waals surface area contributed by atoms with Gasteiger partial charge in [0, 0.05) is 32.2 Å². The van der Waals surface area contributed by atoms with E-state index in [1.54, 1.807) is 28.6 Å². The predicted octanol–water partition coefficient (Wildman–Crippen LogP) is 2.82. The molecule has 4 bridgehead atoms. The maximum Gasteiger partial charge on any atom is 0.243 e. The molecule has 1 aromatic carbocycles. The third-order valence-electron chi connectivity index (χ3n) is 7.25. The highest BCUT2D eigenvalue weighted by atomic mass is 32.2. The minimum Gasteiger partial charge on any atom is -0.297 e. The summed E-state index contributed by atoms with van der Waals surface area (Å²) >= 11 is 0. The lowest BCUT2D eigenvalue weighted by atomic mass is 9.54. The van der Waals surface area contributed by atoms with Crippen LogP contribution in [0.25, 0.3) is 0 Å². The number of sulfonamides is 1. The monoisotopic (exact) mass is 360 g/mol. The molecule has 4 saturated carbocycles. The molecule has 1 aromatic rings. The number of hydrogen-bond acceptors (Lipinski definition) is 3. The Hall–Kier alpha value is -0.910. The van der Waals surface area contributed by atoms with Crippen molar-refractivity contribution < 1.29 is 8.42 Å². The zero-order valence-electron chi connectivity index (χ0n) is 14.8. The number of benzene rings is 1. The molecule has 0 spiro atoms. The number of nitrogens with zero attached hydrogens (tertiary/aromatic N) is 2. The Labute approximate surface area is 151 Å². The molecule has 4 aliphatic carbocycles. The van der Waals surface area contributed by atoms with Crippen LogP contribution < -0.4 is 0 Å². The molecule has 1 heterocycles. The van der Waals surface area contributed by atoms with Crippen molar-refractivity contribution in [2.24, 2.45) is 23.7 Å². The van der Waals surface area contributed by atoms with E-state index >= 15 is 0 Å². The molecule has 1 saturated heterocycles. The molecule has 0 N–H and O–H groups in total. The first-order valence-corrected chi connectivity index (χ1v) is 11.3. The molecule has 0 amide bonds. The summed E-state index contributed by atoms with van der Waals surface area (Å²) in [5.41, 5.74) is 0. The van der Waals surface area contributed by atoms with Gasteiger partial charge in [0.2, 0.25) is 10.0 Å². The Morgan fingerprint density at radius 1 is 0.760 bits per heavy atom. The van der Waals surface area contributed by atoms with Crippen LogP contribution in [0.3, 0.4) is 0 Å². The third-order valence-corrected chi connectivity index (χ3v) is 9.17. The van der Waals surface area contributed by atoms with E-state index in [-0.39, 0.29) is 0 Å². The normalized spacial score (nSPS) is 39.0. The van der Waals surface area contributed by atoms with Crippen molar-refractivity contribution >= 4 is 10.0 Å². The fourth-order valence-corrected chi connectivity index (χ4v) is 7.92. The van der Waals surface area contributed by atoms with E-state index in [0.717, 1.165) is 42.8 Å². The molecule has 5 aliphatic rings. The SMILES string of the molecule is O=S(=O)(c1ccccc1)N1CCN(C2C3CC4CC(C3)CC2C4)CC1. The van der Waals surface area contributed by atoms with Gasteiger partial charge in [0.15, 0.2) is 0 Å². The zero-order chi connectivity index (χ0) is 17.0. The van der Waals surface area contributed by atoms with Crippen molar-refractivity contribution in [3.8, 4) is 0 Å². The summed E-state index contributed by atoms with van der Waals surface area (Å²) in [6.07, 6.45) is 7.21. The van der Waals surface area contributed by atoms with Gasteiger partial charge in [-0.2, -0.15) is 4.31 Å². The highest BCUT2D eigenvalue weighted by Crippen LogP contribution is 2.55. The average Bonchev–Trinajstić information content (AvgIpc) is 2.62. The minimum absolute atomic E-state index is 0.429.